The van der Waals surface area contributed by atoms with Crippen LogP contribution in [-0.2, 0) is 27.3 Å². The maximum atomic E-state index is 13.9. The number of phenolic OH excluding ortho intramolecular Hbond substituents is 1. The smallest absolute Gasteiger partial charge is 0.255 e. The lowest BCUT2D eigenvalue weighted by Crippen LogP contribution is -2.65. The van der Waals surface area contributed by atoms with Gasteiger partial charge in [-0.25, -0.2) is 0 Å². The van der Waals surface area contributed by atoms with Gasteiger partial charge in [0.1, 0.15) is 28.6 Å². The van der Waals surface area contributed by atoms with Crippen LogP contribution >= 0.6 is 24.8 Å². The Kier molecular flexibility index (Phi) is 9.41. The number of nitrogens with zero attached hydrogens (tertiary/aromatic N) is 2. The minimum absolute atomic E-state index is 0. The Bertz CT molecular complexity index is 1340. The summed E-state index contributed by atoms with van der Waals surface area (Å²) in [5.74, 6) is -6.18. The summed E-state index contributed by atoms with van der Waals surface area (Å²) in [4.78, 5) is 43.0. The number of phenols is 1. The highest BCUT2D eigenvalue weighted by Crippen LogP contribution is 2.54. The largest absolute Gasteiger partial charge is 0.508 e. The van der Waals surface area contributed by atoms with Crippen molar-refractivity contribution in [3.8, 4) is 11.5 Å². The van der Waals surface area contributed by atoms with Crippen molar-refractivity contribution in [1.29, 1.82) is 0 Å². The minimum atomic E-state index is -2.65. The van der Waals surface area contributed by atoms with Gasteiger partial charge in [0.2, 0.25) is 5.78 Å². The number of primary amides is 1. The van der Waals surface area contributed by atoms with E-state index in [0.717, 1.165) is 31.5 Å². The molecule has 1 heterocycles. The van der Waals surface area contributed by atoms with Crippen molar-refractivity contribution in [3.05, 3.63) is 39.7 Å². The first-order chi connectivity index (χ1) is 18.4. The van der Waals surface area contributed by atoms with Crippen molar-refractivity contribution < 1.29 is 39.5 Å². The maximum Gasteiger partial charge on any atom is 0.255 e. The topological polar surface area (TPSA) is 174 Å². The molecule has 1 amide bonds. The van der Waals surface area contributed by atoms with Crippen molar-refractivity contribution in [2.45, 2.75) is 50.3 Å². The van der Waals surface area contributed by atoms with E-state index in [9.17, 15) is 34.8 Å². The lowest BCUT2D eigenvalue weighted by molar-refractivity contribution is -0.153. The fourth-order valence-corrected chi connectivity index (χ4v) is 7.09. The molecule has 0 spiro atoms. The number of nitrogens with two attached hydrogens (primary N) is 1. The highest BCUT2D eigenvalue weighted by molar-refractivity contribution is 6.24. The summed E-state index contributed by atoms with van der Waals surface area (Å²) in [6.45, 7) is 2.41. The number of rotatable bonds is 5. The van der Waals surface area contributed by atoms with Crippen LogP contribution in [0.5, 0.6) is 11.5 Å². The van der Waals surface area contributed by atoms with Crippen LogP contribution < -0.4 is 10.5 Å². The first kappa shape index (κ1) is 32.7. The molecule has 0 aromatic heterocycles. The zero-order valence-electron chi connectivity index (χ0n) is 23.2. The number of aliphatic hydroxyl groups excluding tert-OH is 2. The van der Waals surface area contributed by atoms with E-state index in [0.29, 0.717) is 17.9 Å². The second-order valence-electron chi connectivity index (χ2n) is 11.2. The number of piperidine rings is 1. The molecule has 0 bridgehead atoms. The molecular weight excluding hydrogens is 577 g/mol. The van der Waals surface area contributed by atoms with Gasteiger partial charge >= 0.3 is 0 Å². The van der Waals surface area contributed by atoms with Crippen molar-refractivity contribution in [1.82, 2.24) is 9.80 Å². The summed E-state index contributed by atoms with van der Waals surface area (Å²) in [5, 5.41) is 45.1. The van der Waals surface area contributed by atoms with Crippen LogP contribution in [-0.4, -0.2) is 93.6 Å². The Morgan fingerprint density at radius 2 is 1.78 bits per heavy atom. The summed E-state index contributed by atoms with van der Waals surface area (Å²) < 4.78 is 5.79. The highest BCUT2D eigenvalue weighted by atomic mass is 35.5. The Labute approximate surface area is 250 Å². The van der Waals surface area contributed by atoms with Crippen LogP contribution in [0.4, 0.5) is 0 Å². The third-order valence-electron chi connectivity index (χ3n) is 8.79. The van der Waals surface area contributed by atoms with Gasteiger partial charge in [0, 0.05) is 29.2 Å². The molecule has 226 valence electrons. The van der Waals surface area contributed by atoms with E-state index in [1.165, 1.54) is 24.5 Å². The normalized spacial score (nSPS) is 27.9. The Hall–Kier alpha value is -2.83. The third-order valence-corrected chi connectivity index (χ3v) is 8.79. The average Bonchev–Trinajstić information content (AvgIpc) is 2.86. The van der Waals surface area contributed by atoms with Crippen LogP contribution in [0.15, 0.2) is 23.0 Å². The number of hydrogen-bond donors (Lipinski definition) is 5. The van der Waals surface area contributed by atoms with Gasteiger partial charge in [-0.3, -0.25) is 24.2 Å². The highest BCUT2D eigenvalue weighted by Gasteiger charge is 2.64. The number of likely N-dealkylation sites (N-methyl/N-ethyl adjacent to an activating group) is 1. The molecule has 5 rings (SSSR count). The standard InChI is InChI=1S/C28H35N3O8.2ClH/c1-30(2)21-16-10-13-9-15-19(17(32)11-14(24(15)39-3)12-31-7-5-4-6-8-31)22(33)18(13)25(35)28(16,38)26(36)20(23(21)34)27(29)37;;/h11,13,16,21,32-33,36,38H,4-10,12H2,1-3H3,(H2,29,37);2*1H/t13-,16-,21-,28-;;/m0../s1. The van der Waals surface area contributed by atoms with E-state index in [2.05, 4.69) is 4.90 Å². The van der Waals surface area contributed by atoms with Gasteiger partial charge < -0.3 is 30.9 Å². The van der Waals surface area contributed by atoms with Gasteiger partial charge in [-0.15, -0.1) is 24.8 Å². The number of ketones is 2. The Morgan fingerprint density at radius 1 is 1.15 bits per heavy atom. The second kappa shape index (κ2) is 11.8. The molecule has 4 aliphatic rings. The average molecular weight is 615 g/mol. The fourth-order valence-electron chi connectivity index (χ4n) is 7.09. The Morgan fingerprint density at radius 3 is 2.34 bits per heavy atom. The number of carbonyl (C=O) groups is 3. The molecule has 13 heteroatoms. The number of fused-ring (bicyclic) bond motifs is 3. The van der Waals surface area contributed by atoms with Crippen molar-refractivity contribution >= 4 is 48.0 Å². The van der Waals surface area contributed by atoms with E-state index in [1.807, 2.05) is 0 Å². The number of halogens is 2. The molecule has 11 nitrogen and oxygen atoms in total. The molecule has 0 radical (unpaired) electrons. The summed E-state index contributed by atoms with van der Waals surface area (Å²) in [5.41, 5.74) is 3.03. The number of amides is 1. The van der Waals surface area contributed by atoms with Crippen LogP contribution in [0, 0.1) is 11.8 Å². The molecule has 6 N–H and O–H groups in total. The van der Waals surface area contributed by atoms with Crippen LogP contribution in [0.2, 0.25) is 0 Å². The molecule has 1 aliphatic heterocycles. The molecule has 3 aliphatic carbocycles. The summed E-state index contributed by atoms with van der Waals surface area (Å²) >= 11 is 0. The van der Waals surface area contributed by atoms with E-state index in [4.69, 9.17) is 10.5 Å². The zero-order valence-corrected chi connectivity index (χ0v) is 24.8. The number of ether oxygens (including phenoxy) is 1. The monoisotopic (exact) mass is 613 g/mol. The van der Waals surface area contributed by atoms with Crippen LogP contribution in [0.1, 0.15) is 42.4 Å². The number of aliphatic hydroxyl groups is 3. The lowest BCUT2D eigenvalue weighted by atomic mass is 9.57. The van der Waals surface area contributed by atoms with E-state index in [-0.39, 0.29) is 54.5 Å². The van der Waals surface area contributed by atoms with Crippen LogP contribution in [0.3, 0.4) is 0 Å². The first-order valence-corrected chi connectivity index (χ1v) is 13.2. The molecule has 1 aromatic carbocycles. The minimum Gasteiger partial charge on any atom is -0.508 e. The molecule has 0 unspecified atom stereocenters. The van der Waals surface area contributed by atoms with Crippen molar-refractivity contribution in [2.75, 3.05) is 34.3 Å². The number of methoxy groups -OCH3 is 1. The molecule has 2 fully saturated rings. The van der Waals surface area contributed by atoms with Gasteiger partial charge in [0.05, 0.1) is 18.7 Å². The quantitative estimate of drug-likeness (QED) is 0.308. The fraction of sp³-hybridized carbons (Fsp3) is 0.536. The number of carbonyl (C=O) groups excluding carboxylic acids is 3. The predicted octanol–water partition coefficient (Wildman–Crippen LogP) is 1.80. The zero-order chi connectivity index (χ0) is 28.4. The van der Waals surface area contributed by atoms with Crippen LogP contribution in [0.25, 0.3) is 5.76 Å². The van der Waals surface area contributed by atoms with E-state index < -0.39 is 58.0 Å². The summed E-state index contributed by atoms with van der Waals surface area (Å²) in [6.07, 6.45) is 3.58. The van der Waals surface area contributed by atoms with Gasteiger partial charge in [-0.1, -0.05) is 6.42 Å². The maximum absolute atomic E-state index is 13.9. The van der Waals surface area contributed by atoms with Crippen molar-refractivity contribution in [2.24, 2.45) is 17.6 Å². The summed E-state index contributed by atoms with van der Waals surface area (Å²) in [6, 6.07) is 0.404. The summed E-state index contributed by atoms with van der Waals surface area (Å²) in [7, 11) is 4.66. The number of Topliss-reactive ketones (excluding diaryl/α,β-unsaturated/α-hetero) is 2. The Balaban J connectivity index is 0.00000231. The van der Waals surface area contributed by atoms with Gasteiger partial charge in [0.15, 0.2) is 11.4 Å². The molecule has 1 saturated carbocycles. The SMILES string of the molecule is COc1c(CN2CCCCC2)cc(O)c2c1C[C@H]1C[C@H]3[C@H](N(C)C)C(=O)C(C(N)=O)=C(O)[C@@]3(O)C(=O)C1=C2O.Cl.Cl. The van der Waals surface area contributed by atoms with E-state index in [1.54, 1.807) is 14.1 Å². The lowest BCUT2D eigenvalue weighted by Gasteiger charge is -2.50. The third kappa shape index (κ3) is 4.87. The van der Waals surface area contributed by atoms with Gasteiger partial charge in [-0.2, -0.15) is 0 Å². The molecule has 4 atom stereocenters. The molecule has 1 aromatic rings. The molecular formula is C28H37Cl2N3O8. The molecule has 41 heavy (non-hydrogen) atoms. The first-order valence-electron chi connectivity index (χ1n) is 13.2. The van der Waals surface area contributed by atoms with E-state index >= 15 is 0 Å². The molecule has 1 saturated heterocycles. The number of aromatic hydroxyl groups is 1. The predicted molar refractivity (Wildman–Crippen MR) is 154 cm³/mol. The van der Waals surface area contributed by atoms with Crippen molar-refractivity contribution in [3.63, 3.8) is 0 Å². The second-order valence-corrected chi connectivity index (χ2v) is 11.2. The van der Waals surface area contributed by atoms with Gasteiger partial charge in [-0.05, 0) is 64.9 Å². The number of benzene rings is 1. The number of hydrogen-bond acceptors (Lipinski definition) is 10. The van der Waals surface area contributed by atoms with Gasteiger partial charge in [0.25, 0.3) is 5.91 Å². The number of likely N-dealkylation sites (tertiary alicyclic amines) is 1.